The third-order valence-corrected chi connectivity index (χ3v) is 4.52. The predicted octanol–water partition coefficient (Wildman–Crippen LogP) is 2.92. The lowest BCUT2D eigenvalue weighted by atomic mass is 9.79. The van der Waals surface area contributed by atoms with Gasteiger partial charge in [-0.05, 0) is 45.3 Å². The molecule has 0 saturated carbocycles. The molecule has 1 aliphatic heterocycles. The van der Waals surface area contributed by atoms with E-state index in [2.05, 4.69) is 10.3 Å². The molecule has 0 aliphatic carbocycles. The van der Waals surface area contributed by atoms with E-state index in [1.807, 2.05) is 65.1 Å². The highest BCUT2D eigenvalue weighted by Gasteiger charge is 2.51. The zero-order chi connectivity index (χ0) is 18.5. The van der Waals surface area contributed by atoms with E-state index in [0.29, 0.717) is 5.56 Å². The first-order valence-corrected chi connectivity index (χ1v) is 8.28. The molecule has 1 aliphatic rings. The van der Waals surface area contributed by atoms with Gasteiger partial charge in [-0.2, -0.15) is 0 Å². The molecule has 0 atom stereocenters. The van der Waals surface area contributed by atoms with Crippen molar-refractivity contribution in [1.29, 1.82) is 0 Å². The zero-order valence-electron chi connectivity index (χ0n) is 15.4. The molecule has 0 spiro atoms. The van der Waals surface area contributed by atoms with Crippen LogP contribution < -0.4 is 10.8 Å². The van der Waals surface area contributed by atoms with E-state index in [1.165, 1.54) is 0 Å². The lowest BCUT2D eigenvalue weighted by molar-refractivity contribution is 0.00578. The number of nitrogens with zero attached hydrogens (tertiary/aromatic N) is 1. The van der Waals surface area contributed by atoms with E-state index in [-0.39, 0.29) is 18.3 Å². The topological polar surface area (TPSA) is 60.5 Å². The van der Waals surface area contributed by atoms with Gasteiger partial charge in [-0.15, -0.1) is 0 Å². The fraction of sp³-hybridized carbons (Fsp3) is 0.368. The van der Waals surface area contributed by atoms with Gasteiger partial charge in [-0.25, -0.2) is 4.98 Å². The number of nitrogens with one attached hydrogen (secondary N) is 1. The zero-order valence-corrected chi connectivity index (χ0v) is 15.4. The Bertz CT molecular complexity index is 672. The second-order valence-corrected chi connectivity index (χ2v) is 6.84. The van der Waals surface area contributed by atoms with Crippen molar-refractivity contribution < 1.29 is 14.1 Å². The minimum Gasteiger partial charge on any atom is -0.399 e. The molecule has 0 radical (unpaired) electrons. The maximum absolute atomic E-state index is 10.6. The maximum atomic E-state index is 10.6. The van der Waals surface area contributed by atoms with Gasteiger partial charge in [0.1, 0.15) is 12.1 Å². The summed E-state index contributed by atoms with van der Waals surface area (Å²) in [6.45, 7) is 8.08. The van der Waals surface area contributed by atoms with Crippen molar-refractivity contribution in [3.05, 3.63) is 54.2 Å². The summed E-state index contributed by atoms with van der Waals surface area (Å²) in [5.41, 5.74) is 0.932. The van der Waals surface area contributed by atoms with Crippen molar-refractivity contribution in [2.75, 3.05) is 12.4 Å². The van der Waals surface area contributed by atoms with Crippen molar-refractivity contribution in [2.24, 2.45) is 0 Å². The van der Waals surface area contributed by atoms with Crippen LogP contribution in [0.2, 0.25) is 0 Å². The lowest BCUT2D eigenvalue weighted by Gasteiger charge is -2.32. The van der Waals surface area contributed by atoms with Gasteiger partial charge in [-0.1, -0.05) is 30.3 Å². The summed E-state index contributed by atoms with van der Waals surface area (Å²) in [5, 5.41) is 2.92. The number of aldehydes is 1. The van der Waals surface area contributed by atoms with Crippen LogP contribution in [0.25, 0.3) is 0 Å². The molecule has 25 heavy (non-hydrogen) atoms. The Hall–Kier alpha value is -2.18. The normalized spacial score (nSPS) is 17.4. The molecule has 0 unspecified atom stereocenters. The van der Waals surface area contributed by atoms with E-state index in [0.717, 1.165) is 17.6 Å². The van der Waals surface area contributed by atoms with Gasteiger partial charge in [0, 0.05) is 18.8 Å². The van der Waals surface area contributed by atoms with Crippen LogP contribution in [-0.2, 0) is 9.31 Å². The Morgan fingerprint density at radius 2 is 1.60 bits per heavy atom. The molecule has 0 bridgehead atoms. The van der Waals surface area contributed by atoms with Crippen LogP contribution in [0.1, 0.15) is 38.1 Å². The molecule has 5 nitrogen and oxygen atoms in total. The molecular weight excluding hydrogens is 315 g/mol. The summed E-state index contributed by atoms with van der Waals surface area (Å²) in [4.78, 5) is 14.6. The van der Waals surface area contributed by atoms with Crippen LogP contribution >= 0.6 is 0 Å². The number of carbonyl (C=O) groups is 1. The largest absolute Gasteiger partial charge is 0.494 e. The van der Waals surface area contributed by atoms with Crippen molar-refractivity contribution in [2.45, 2.75) is 38.9 Å². The molecule has 1 saturated heterocycles. The highest BCUT2D eigenvalue weighted by molar-refractivity contribution is 6.62. The summed E-state index contributed by atoms with van der Waals surface area (Å²) in [5.74, 6) is 0.910. The first-order valence-electron chi connectivity index (χ1n) is 8.28. The minimum atomic E-state index is -0.360. The van der Waals surface area contributed by atoms with Crippen molar-refractivity contribution in [3.63, 3.8) is 0 Å². The van der Waals surface area contributed by atoms with E-state index in [1.54, 1.807) is 18.3 Å². The Morgan fingerprint density at radius 1 is 1.00 bits per heavy atom. The third-order valence-electron chi connectivity index (χ3n) is 4.52. The number of anilines is 1. The van der Waals surface area contributed by atoms with Crippen LogP contribution in [-0.4, -0.2) is 36.6 Å². The number of aromatic nitrogens is 1. The smallest absolute Gasteiger partial charge is 0.399 e. The first kappa shape index (κ1) is 19.2. The molecule has 6 heteroatoms. The fourth-order valence-corrected chi connectivity index (χ4v) is 2.22. The van der Waals surface area contributed by atoms with Gasteiger partial charge in [-0.3, -0.25) is 4.79 Å². The number of carbonyl (C=O) groups excluding carboxylic acids is 1. The first-order chi connectivity index (χ1) is 11.8. The molecule has 1 N–H and O–H groups in total. The lowest BCUT2D eigenvalue weighted by Crippen LogP contribution is -2.41. The number of hydrogen-bond acceptors (Lipinski definition) is 5. The van der Waals surface area contributed by atoms with Gasteiger partial charge in [0.25, 0.3) is 0 Å². The molecule has 2 heterocycles. The standard InChI is InChI=1S/C13H17BO3.C6H8N2/c1-12(2)13(3,4)17-14(16-12)11-7-5-10(9-15)6-8-11;1-7-6-4-2-3-5-8-6/h5-9H,1-4H3;2-5H,1H3,(H,7,8). The van der Waals surface area contributed by atoms with Crippen molar-refractivity contribution in [1.82, 2.24) is 4.98 Å². The van der Waals surface area contributed by atoms with Crippen LogP contribution in [0, 0.1) is 0 Å². The number of pyridine rings is 1. The van der Waals surface area contributed by atoms with E-state index >= 15 is 0 Å². The number of rotatable bonds is 3. The fourth-order valence-electron chi connectivity index (χ4n) is 2.22. The van der Waals surface area contributed by atoms with Gasteiger partial charge in [0.2, 0.25) is 0 Å². The van der Waals surface area contributed by atoms with Crippen molar-refractivity contribution in [3.8, 4) is 0 Å². The molecule has 2 aromatic rings. The summed E-state index contributed by atoms with van der Waals surface area (Å²) in [6.07, 6.45) is 2.58. The van der Waals surface area contributed by atoms with E-state index in [4.69, 9.17) is 9.31 Å². The number of benzene rings is 1. The highest BCUT2D eigenvalue weighted by Crippen LogP contribution is 2.36. The summed E-state index contributed by atoms with van der Waals surface area (Å²) < 4.78 is 11.8. The molecule has 0 amide bonds. The van der Waals surface area contributed by atoms with Gasteiger partial charge in [0.15, 0.2) is 0 Å². The van der Waals surface area contributed by atoms with Gasteiger partial charge >= 0.3 is 7.12 Å². The summed E-state index contributed by atoms with van der Waals surface area (Å²) >= 11 is 0. The minimum absolute atomic E-state index is 0.332. The Kier molecular flexibility index (Phi) is 5.98. The third kappa shape index (κ3) is 4.68. The molecule has 1 fully saturated rings. The Morgan fingerprint density at radius 3 is 2.00 bits per heavy atom. The van der Waals surface area contributed by atoms with Crippen molar-refractivity contribution >= 4 is 24.7 Å². The Labute approximate surface area is 149 Å². The van der Waals surface area contributed by atoms with Crippen LogP contribution in [0.5, 0.6) is 0 Å². The van der Waals surface area contributed by atoms with Crippen LogP contribution in [0.3, 0.4) is 0 Å². The molecule has 132 valence electrons. The molecule has 1 aromatic heterocycles. The molecular formula is C19H25BN2O3. The average molecular weight is 340 g/mol. The number of hydrogen-bond donors (Lipinski definition) is 1. The summed E-state index contributed by atoms with van der Waals surface area (Å²) in [6, 6.07) is 13.0. The van der Waals surface area contributed by atoms with Crippen LogP contribution in [0.4, 0.5) is 5.82 Å². The monoisotopic (exact) mass is 340 g/mol. The molecule has 1 aromatic carbocycles. The average Bonchev–Trinajstić information content (AvgIpc) is 2.84. The van der Waals surface area contributed by atoms with Gasteiger partial charge in [0.05, 0.1) is 11.2 Å². The Balaban J connectivity index is 0.000000236. The summed E-state index contributed by atoms with van der Waals surface area (Å²) in [7, 11) is 1.49. The quantitative estimate of drug-likeness (QED) is 0.688. The van der Waals surface area contributed by atoms with E-state index in [9.17, 15) is 4.79 Å². The van der Waals surface area contributed by atoms with Gasteiger partial charge < -0.3 is 14.6 Å². The second kappa shape index (κ2) is 7.80. The van der Waals surface area contributed by atoms with E-state index < -0.39 is 0 Å². The second-order valence-electron chi connectivity index (χ2n) is 6.84. The predicted molar refractivity (Wildman–Crippen MR) is 101 cm³/mol. The maximum Gasteiger partial charge on any atom is 0.494 e. The van der Waals surface area contributed by atoms with Crippen LogP contribution in [0.15, 0.2) is 48.7 Å². The SMILES string of the molecule is CC1(C)OB(c2ccc(C=O)cc2)OC1(C)C.CNc1ccccn1. The molecule has 3 rings (SSSR count). The highest BCUT2D eigenvalue weighted by atomic mass is 16.7.